The number of carbonyl (C=O) groups excluding carboxylic acids is 3. The summed E-state index contributed by atoms with van der Waals surface area (Å²) in [5.41, 5.74) is 0. The highest BCUT2D eigenvalue weighted by atomic mass is 16.2. The Kier molecular flexibility index (Phi) is 5.59. The summed E-state index contributed by atoms with van der Waals surface area (Å²) in [6.45, 7) is 8.34. The second-order valence-electron chi connectivity index (χ2n) is 7.13. The van der Waals surface area contributed by atoms with Gasteiger partial charge in [-0.25, -0.2) is 0 Å². The molecule has 2 rings (SSSR count). The molecular formula is C17H28N2O3. The molecule has 2 aliphatic heterocycles. The third kappa shape index (κ3) is 3.87. The molecule has 5 nitrogen and oxygen atoms in total. The summed E-state index contributed by atoms with van der Waals surface area (Å²) in [7, 11) is 0. The monoisotopic (exact) mass is 308 g/mol. The van der Waals surface area contributed by atoms with Gasteiger partial charge in [0.2, 0.25) is 17.7 Å². The molecule has 2 aliphatic rings. The van der Waals surface area contributed by atoms with Crippen LogP contribution in [0.4, 0.5) is 0 Å². The van der Waals surface area contributed by atoms with Crippen LogP contribution in [0.1, 0.15) is 52.9 Å². The predicted octanol–water partition coefficient (Wildman–Crippen LogP) is 2.06. The molecule has 2 atom stereocenters. The van der Waals surface area contributed by atoms with Gasteiger partial charge in [-0.1, -0.05) is 20.8 Å². The molecule has 2 heterocycles. The van der Waals surface area contributed by atoms with E-state index in [0.29, 0.717) is 25.3 Å². The first kappa shape index (κ1) is 17.0. The maximum atomic E-state index is 12.2. The summed E-state index contributed by atoms with van der Waals surface area (Å²) < 4.78 is 0. The molecule has 0 N–H and O–H groups in total. The van der Waals surface area contributed by atoms with Gasteiger partial charge in [0.15, 0.2) is 0 Å². The van der Waals surface area contributed by atoms with E-state index in [1.807, 2.05) is 18.7 Å². The van der Waals surface area contributed by atoms with Gasteiger partial charge in [0.25, 0.3) is 0 Å². The second-order valence-corrected chi connectivity index (χ2v) is 7.13. The van der Waals surface area contributed by atoms with Crippen LogP contribution in [0.15, 0.2) is 0 Å². The molecule has 124 valence electrons. The van der Waals surface area contributed by atoms with E-state index in [2.05, 4.69) is 6.92 Å². The Labute approximate surface area is 133 Å². The summed E-state index contributed by atoms with van der Waals surface area (Å²) in [5.74, 6) is 0.795. The standard InChI is InChI=1S/C17H28N2O3/c1-12(2)14-10-16(21)19(17(14)22)8-5-4-6-15(20)18-9-7-13(3)11-18/h12-14H,4-11H2,1-3H3/t13-,14?/m0/s1. The molecule has 3 amide bonds. The van der Waals surface area contributed by atoms with E-state index >= 15 is 0 Å². The molecule has 0 aromatic rings. The summed E-state index contributed by atoms with van der Waals surface area (Å²) in [6, 6.07) is 0. The molecule has 0 spiro atoms. The number of imide groups is 1. The number of carbonyl (C=O) groups is 3. The number of nitrogens with zero attached hydrogens (tertiary/aromatic N) is 2. The Bertz CT molecular complexity index is 447. The molecule has 2 fully saturated rings. The molecule has 0 aromatic heterocycles. The largest absolute Gasteiger partial charge is 0.342 e. The highest BCUT2D eigenvalue weighted by molar-refractivity contribution is 6.03. The van der Waals surface area contributed by atoms with Crippen molar-refractivity contribution in [3.63, 3.8) is 0 Å². The molecule has 0 aliphatic carbocycles. The lowest BCUT2D eigenvalue weighted by molar-refractivity contribution is -0.139. The zero-order valence-electron chi connectivity index (χ0n) is 14.0. The predicted molar refractivity (Wildman–Crippen MR) is 83.9 cm³/mol. The van der Waals surface area contributed by atoms with Gasteiger partial charge in [-0.05, 0) is 31.1 Å². The molecule has 5 heteroatoms. The Morgan fingerprint density at radius 2 is 2.00 bits per heavy atom. The Balaban J connectivity index is 1.69. The van der Waals surface area contributed by atoms with Crippen molar-refractivity contribution in [1.82, 2.24) is 9.80 Å². The molecule has 2 saturated heterocycles. The van der Waals surface area contributed by atoms with Crippen LogP contribution in [-0.4, -0.2) is 47.2 Å². The van der Waals surface area contributed by atoms with Crippen molar-refractivity contribution in [2.75, 3.05) is 19.6 Å². The van der Waals surface area contributed by atoms with Crippen molar-refractivity contribution in [3.05, 3.63) is 0 Å². The molecule has 22 heavy (non-hydrogen) atoms. The van der Waals surface area contributed by atoms with Crippen molar-refractivity contribution in [2.24, 2.45) is 17.8 Å². The van der Waals surface area contributed by atoms with Crippen molar-refractivity contribution in [3.8, 4) is 0 Å². The fraction of sp³-hybridized carbons (Fsp3) is 0.824. The van der Waals surface area contributed by atoms with E-state index in [1.54, 1.807) is 0 Å². The molecule has 1 unspecified atom stereocenters. The van der Waals surface area contributed by atoms with Gasteiger partial charge in [0.05, 0.1) is 0 Å². The average Bonchev–Trinajstić information content (AvgIpc) is 3.00. The van der Waals surface area contributed by atoms with Crippen molar-refractivity contribution in [1.29, 1.82) is 0 Å². The fourth-order valence-electron chi connectivity index (χ4n) is 3.33. The quantitative estimate of drug-likeness (QED) is 0.557. The molecular weight excluding hydrogens is 280 g/mol. The van der Waals surface area contributed by atoms with Gasteiger partial charge in [-0.3, -0.25) is 19.3 Å². The van der Waals surface area contributed by atoms with Crippen LogP contribution in [0.3, 0.4) is 0 Å². The smallest absolute Gasteiger partial charge is 0.233 e. The summed E-state index contributed by atoms with van der Waals surface area (Å²) >= 11 is 0. The van der Waals surface area contributed by atoms with Crippen molar-refractivity contribution < 1.29 is 14.4 Å². The summed E-state index contributed by atoms with van der Waals surface area (Å²) in [5, 5.41) is 0. The van der Waals surface area contributed by atoms with E-state index in [0.717, 1.165) is 32.4 Å². The van der Waals surface area contributed by atoms with E-state index in [1.165, 1.54) is 4.90 Å². The lowest BCUT2D eigenvalue weighted by Crippen LogP contribution is -2.33. The van der Waals surface area contributed by atoms with Gasteiger partial charge in [0.1, 0.15) is 0 Å². The first-order valence-corrected chi connectivity index (χ1v) is 8.52. The summed E-state index contributed by atoms with van der Waals surface area (Å²) in [4.78, 5) is 39.4. The third-order valence-electron chi connectivity index (χ3n) is 4.88. The fourth-order valence-corrected chi connectivity index (χ4v) is 3.33. The highest BCUT2D eigenvalue weighted by Crippen LogP contribution is 2.26. The van der Waals surface area contributed by atoms with Crippen molar-refractivity contribution in [2.45, 2.75) is 52.9 Å². The first-order valence-electron chi connectivity index (χ1n) is 8.52. The molecule has 0 saturated carbocycles. The van der Waals surface area contributed by atoms with Crippen molar-refractivity contribution >= 4 is 17.7 Å². The van der Waals surface area contributed by atoms with Crippen LogP contribution in [0.5, 0.6) is 0 Å². The number of hydrogen-bond donors (Lipinski definition) is 0. The van der Waals surface area contributed by atoms with Gasteiger partial charge >= 0.3 is 0 Å². The molecule has 0 bridgehead atoms. The maximum Gasteiger partial charge on any atom is 0.233 e. The molecule has 0 radical (unpaired) electrons. The topological polar surface area (TPSA) is 57.7 Å². The van der Waals surface area contributed by atoms with Crippen LogP contribution in [0.2, 0.25) is 0 Å². The van der Waals surface area contributed by atoms with Gasteiger partial charge in [0, 0.05) is 38.4 Å². The van der Waals surface area contributed by atoms with E-state index < -0.39 is 0 Å². The highest BCUT2D eigenvalue weighted by Gasteiger charge is 2.39. The maximum absolute atomic E-state index is 12.2. The Morgan fingerprint density at radius 3 is 2.55 bits per heavy atom. The molecule has 0 aromatic carbocycles. The minimum absolute atomic E-state index is 0.0281. The number of likely N-dealkylation sites (tertiary alicyclic amines) is 2. The van der Waals surface area contributed by atoms with Crippen LogP contribution in [-0.2, 0) is 14.4 Å². The van der Waals surface area contributed by atoms with Gasteiger partial charge in [-0.15, -0.1) is 0 Å². The zero-order chi connectivity index (χ0) is 16.3. The Morgan fingerprint density at radius 1 is 1.27 bits per heavy atom. The van der Waals surface area contributed by atoms with Crippen LogP contribution >= 0.6 is 0 Å². The Hall–Kier alpha value is -1.39. The lowest BCUT2D eigenvalue weighted by Gasteiger charge is -2.18. The van der Waals surface area contributed by atoms with E-state index in [-0.39, 0.29) is 29.6 Å². The second kappa shape index (κ2) is 7.25. The van der Waals surface area contributed by atoms with Gasteiger partial charge < -0.3 is 4.90 Å². The van der Waals surface area contributed by atoms with Crippen LogP contribution in [0.25, 0.3) is 0 Å². The van der Waals surface area contributed by atoms with Crippen LogP contribution < -0.4 is 0 Å². The van der Waals surface area contributed by atoms with E-state index in [9.17, 15) is 14.4 Å². The third-order valence-corrected chi connectivity index (χ3v) is 4.88. The minimum Gasteiger partial charge on any atom is -0.342 e. The van der Waals surface area contributed by atoms with E-state index in [4.69, 9.17) is 0 Å². The number of rotatable bonds is 6. The lowest BCUT2D eigenvalue weighted by atomic mass is 9.94. The zero-order valence-corrected chi connectivity index (χ0v) is 14.0. The van der Waals surface area contributed by atoms with Crippen LogP contribution in [0, 0.1) is 17.8 Å². The van der Waals surface area contributed by atoms with Gasteiger partial charge in [-0.2, -0.15) is 0 Å². The normalized spacial score (nSPS) is 25.6. The average molecular weight is 308 g/mol. The SMILES string of the molecule is CC(C)C1CC(=O)N(CCCCC(=O)N2CC[C@H](C)C2)C1=O. The number of unbranched alkanes of at least 4 members (excludes halogenated alkanes) is 1. The summed E-state index contributed by atoms with van der Waals surface area (Å²) in [6.07, 6.45) is 3.43. The number of hydrogen-bond acceptors (Lipinski definition) is 3. The first-order chi connectivity index (χ1) is 10.4. The number of amides is 3. The minimum atomic E-state index is -0.153.